The molecule has 4 aromatic rings. The lowest BCUT2D eigenvalue weighted by Crippen LogP contribution is -2.42. The minimum absolute atomic E-state index is 0.134. The van der Waals surface area contributed by atoms with Crippen LogP contribution in [-0.2, 0) is 18.4 Å². The smallest absolute Gasteiger partial charge is 0.321 e. The molecule has 1 atom stereocenters. The first-order chi connectivity index (χ1) is 17.5. The summed E-state index contributed by atoms with van der Waals surface area (Å²) >= 11 is 0. The van der Waals surface area contributed by atoms with E-state index in [0.717, 1.165) is 33.3 Å². The van der Waals surface area contributed by atoms with E-state index < -0.39 is 12.1 Å². The van der Waals surface area contributed by atoms with Crippen LogP contribution in [0.2, 0.25) is 0 Å². The number of carbonyl (C=O) groups excluding carboxylic acids is 3. The lowest BCUT2D eigenvalue weighted by Gasteiger charge is -2.25. The van der Waals surface area contributed by atoms with Crippen molar-refractivity contribution in [2.75, 3.05) is 13.7 Å². The number of rotatable bonds is 7. The van der Waals surface area contributed by atoms with Crippen molar-refractivity contribution in [2.24, 2.45) is 7.05 Å². The van der Waals surface area contributed by atoms with Crippen LogP contribution in [0.1, 0.15) is 27.5 Å². The fourth-order valence-electron chi connectivity index (χ4n) is 4.54. The maximum absolute atomic E-state index is 13.1. The van der Waals surface area contributed by atoms with Gasteiger partial charge in [0, 0.05) is 49.0 Å². The molecule has 9 heteroatoms. The number of urea groups is 1. The molecule has 36 heavy (non-hydrogen) atoms. The van der Waals surface area contributed by atoms with E-state index >= 15 is 0 Å². The van der Waals surface area contributed by atoms with Crippen molar-refractivity contribution in [3.63, 3.8) is 0 Å². The molecular formula is C27H25N5O4. The monoisotopic (exact) mass is 483 g/mol. The maximum atomic E-state index is 13.1. The Morgan fingerprint density at radius 1 is 1.14 bits per heavy atom. The molecule has 0 radical (unpaired) electrons. The summed E-state index contributed by atoms with van der Waals surface area (Å²) in [6.07, 6.45) is 4.13. The number of carbonyl (C=O) groups is 3. The Balaban J connectivity index is 1.39. The Morgan fingerprint density at radius 3 is 2.69 bits per heavy atom. The van der Waals surface area contributed by atoms with E-state index in [0.29, 0.717) is 24.3 Å². The summed E-state index contributed by atoms with van der Waals surface area (Å²) in [7, 11) is 3.51. The molecule has 0 saturated heterocycles. The minimum atomic E-state index is -0.636. The second kappa shape index (κ2) is 9.53. The summed E-state index contributed by atoms with van der Waals surface area (Å²) < 4.78 is 7.22. The molecule has 2 aromatic carbocycles. The van der Waals surface area contributed by atoms with E-state index in [2.05, 4.69) is 21.7 Å². The minimum Gasteiger partial charge on any atom is -0.497 e. The van der Waals surface area contributed by atoms with Gasteiger partial charge in [-0.3, -0.25) is 14.9 Å². The summed E-state index contributed by atoms with van der Waals surface area (Å²) in [6.45, 7) is 0.658. The predicted molar refractivity (Wildman–Crippen MR) is 134 cm³/mol. The average molecular weight is 484 g/mol. The standard InChI is InChI=1S/C27H25N5O4/c1-31-10-9-19-11-21(13-28-25(19)31)17-3-5-18(6-4-17)24(30-27(35)29-16-33)15-32-14-20-7-8-22(36-2)12-23(20)26(32)34/h3-13,16,24H,14-15H2,1-2H3,(H2,29,30,33,35)/t24-/m0/s1. The van der Waals surface area contributed by atoms with Gasteiger partial charge in [-0.15, -0.1) is 0 Å². The Morgan fingerprint density at radius 2 is 1.94 bits per heavy atom. The zero-order chi connectivity index (χ0) is 25.2. The molecule has 1 aliphatic rings. The van der Waals surface area contributed by atoms with Crippen molar-refractivity contribution >= 4 is 29.4 Å². The first-order valence-electron chi connectivity index (χ1n) is 11.4. The van der Waals surface area contributed by atoms with E-state index in [1.165, 1.54) is 0 Å². The molecule has 2 N–H and O–H groups in total. The van der Waals surface area contributed by atoms with Crippen molar-refractivity contribution in [1.29, 1.82) is 0 Å². The largest absolute Gasteiger partial charge is 0.497 e. The Hall–Kier alpha value is -4.66. The van der Waals surface area contributed by atoms with Crippen LogP contribution < -0.4 is 15.4 Å². The van der Waals surface area contributed by atoms with Gasteiger partial charge in [0.05, 0.1) is 13.2 Å². The third kappa shape index (κ3) is 4.38. The van der Waals surface area contributed by atoms with Gasteiger partial charge >= 0.3 is 6.03 Å². The van der Waals surface area contributed by atoms with Crippen molar-refractivity contribution in [1.82, 2.24) is 25.1 Å². The fraction of sp³-hybridized carbons (Fsp3) is 0.185. The summed E-state index contributed by atoms with van der Waals surface area (Å²) in [5, 5.41) is 5.96. The van der Waals surface area contributed by atoms with Crippen molar-refractivity contribution in [3.8, 4) is 16.9 Å². The molecule has 5 rings (SSSR count). The Kier molecular flexibility index (Phi) is 6.12. The quantitative estimate of drug-likeness (QED) is 0.392. The number of pyridine rings is 1. The van der Waals surface area contributed by atoms with Crippen LogP contribution in [0.25, 0.3) is 22.2 Å². The van der Waals surface area contributed by atoms with Gasteiger partial charge in [-0.2, -0.15) is 0 Å². The van der Waals surface area contributed by atoms with Gasteiger partial charge < -0.3 is 19.5 Å². The number of nitrogens with zero attached hydrogens (tertiary/aromatic N) is 3. The van der Waals surface area contributed by atoms with E-state index in [4.69, 9.17) is 4.74 Å². The molecule has 3 heterocycles. The Bertz CT molecular complexity index is 1460. The van der Waals surface area contributed by atoms with Gasteiger partial charge in [0.1, 0.15) is 11.4 Å². The van der Waals surface area contributed by atoms with Crippen LogP contribution >= 0.6 is 0 Å². The van der Waals surface area contributed by atoms with Crippen LogP contribution in [0.15, 0.2) is 67.0 Å². The van der Waals surface area contributed by atoms with E-state index in [1.807, 2.05) is 66.5 Å². The number of benzene rings is 2. The topological polar surface area (TPSA) is 106 Å². The molecule has 0 unspecified atom stereocenters. The lowest BCUT2D eigenvalue weighted by atomic mass is 10.0. The number of nitrogens with one attached hydrogen (secondary N) is 2. The summed E-state index contributed by atoms with van der Waals surface area (Å²) in [5.41, 5.74) is 5.15. The van der Waals surface area contributed by atoms with Crippen LogP contribution in [-0.4, -0.2) is 46.5 Å². The molecule has 0 spiro atoms. The predicted octanol–water partition coefficient (Wildman–Crippen LogP) is 3.40. The van der Waals surface area contributed by atoms with Crippen LogP contribution in [0, 0.1) is 0 Å². The molecule has 2 aromatic heterocycles. The molecule has 9 nitrogen and oxygen atoms in total. The number of aromatic nitrogens is 2. The number of aryl methyl sites for hydroxylation is 1. The first kappa shape index (κ1) is 23.1. The third-order valence-electron chi connectivity index (χ3n) is 6.45. The highest BCUT2D eigenvalue weighted by Gasteiger charge is 2.30. The molecule has 0 bridgehead atoms. The number of imide groups is 1. The SMILES string of the molecule is COc1ccc2c(c1)C(=O)N(C[C@H](NC(=O)NC=O)c1ccc(-c3cnc4c(ccn4C)c3)cc1)C2. The van der Waals surface area contributed by atoms with Gasteiger partial charge in [-0.05, 0) is 41.0 Å². The van der Waals surface area contributed by atoms with E-state index in [9.17, 15) is 14.4 Å². The first-order valence-corrected chi connectivity index (χ1v) is 11.4. The molecular weight excluding hydrogens is 458 g/mol. The average Bonchev–Trinajstić information content (AvgIpc) is 3.42. The van der Waals surface area contributed by atoms with Gasteiger partial charge in [0.15, 0.2) is 0 Å². The fourth-order valence-corrected chi connectivity index (χ4v) is 4.54. The van der Waals surface area contributed by atoms with Gasteiger partial charge in [-0.25, -0.2) is 9.78 Å². The van der Waals surface area contributed by atoms with Crippen LogP contribution in [0.4, 0.5) is 4.79 Å². The molecule has 4 amide bonds. The highest BCUT2D eigenvalue weighted by molar-refractivity contribution is 5.98. The van der Waals surface area contributed by atoms with Crippen LogP contribution in [0.3, 0.4) is 0 Å². The third-order valence-corrected chi connectivity index (χ3v) is 6.45. The molecule has 182 valence electrons. The van der Waals surface area contributed by atoms with E-state index in [1.54, 1.807) is 18.1 Å². The number of hydrogen-bond donors (Lipinski definition) is 2. The number of methoxy groups -OCH3 is 1. The van der Waals surface area contributed by atoms with Crippen molar-refractivity contribution < 1.29 is 19.1 Å². The maximum Gasteiger partial charge on any atom is 0.321 e. The highest BCUT2D eigenvalue weighted by atomic mass is 16.5. The zero-order valence-corrected chi connectivity index (χ0v) is 19.9. The van der Waals surface area contributed by atoms with Crippen molar-refractivity contribution in [2.45, 2.75) is 12.6 Å². The normalized spacial score (nSPS) is 13.4. The van der Waals surface area contributed by atoms with Crippen molar-refractivity contribution in [3.05, 3.63) is 83.7 Å². The van der Waals surface area contributed by atoms with Gasteiger partial charge in [0.2, 0.25) is 6.41 Å². The molecule has 1 aliphatic heterocycles. The number of amides is 4. The second-order valence-electron chi connectivity index (χ2n) is 8.68. The van der Waals surface area contributed by atoms with Gasteiger partial charge in [-0.1, -0.05) is 30.3 Å². The second-order valence-corrected chi connectivity index (χ2v) is 8.68. The van der Waals surface area contributed by atoms with Gasteiger partial charge in [0.25, 0.3) is 5.91 Å². The molecule has 0 fully saturated rings. The Labute approximate surface area is 207 Å². The van der Waals surface area contributed by atoms with E-state index in [-0.39, 0.29) is 12.5 Å². The van der Waals surface area contributed by atoms with Crippen LogP contribution in [0.5, 0.6) is 5.75 Å². The number of hydrogen-bond acceptors (Lipinski definition) is 5. The lowest BCUT2D eigenvalue weighted by molar-refractivity contribution is -0.108. The molecule has 0 aliphatic carbocycles. The zero-order valence-electron chi connectivity index (χ0n) is 19.9. The summed E-state index contributed by atoms with van der Waals surface area (Å²) in [6, 6.07) is 16.1. The number of fused-ring (bicyclic) bond motifs is 2. The summed E-state index contributed by atoms with van der Waals surface area (Å²) in [5.74, 6) is 0.480. The highest BCUT2D eigenvalue weighted by Crippen LogP contribution is 2.30. The summed E-state index contributed by atoms with van der Waals surface area (Å²) in [4.78, 5) is 42.3. The number of ether oxygens (including phenoxy) is 1. The molecule has 0 saturated carbocycles.